The van der Waals surface area contributed by atoms with Gasteiger partial charge in [-0.3, -0.25) is 9.59 Å². The van der Waals surface area contributed by atoms with E-state index in [1.165, 1.54) is 0 Å². The van der Waals surface area contributed by atoms with E-state index < -0.39 is 17.8 Å². The fourth-order valence-electron chi connectivity index (χ4n) is 1.33. The van der Waals surface area contributed by atoms with Crippen molar-refractivity contribution in [2.24, 2.45) is 11.8 Å². The lowest BCUT2D eigenvalue weighted by atomic mass is 9.74. The van der Waals surface area contributed by atoms with Gasteiger partial charge >= 0.3 is 11.9 Å². The Hall–Kier alpha value is -1.06. The summed E-state index contributed by atoms with van der Waals surface area (Å²) in [5.74, 6) is -2.16. The molecule has 1 saturated carbocycles. The lowest BCUT2D eigenvalue weighted by molar-refractivity contribution is -0.163. The van der Waals surface area contributed by atoms with E-state index in [1.54, 1.807) is 6.92 Å². The number of aliphatic carboxylic acids is 1. The maximum Gasteiger partial charge on any atom is 0.309 e. The Labute approximate surface area is 70.5 Å². The van der Waals surface area contributed by atoms with Crippen molar-refractivity contribution in [3.8, 4) is 0 Å². The third kappa shape index (κ3) is 1.57. The van der Waals surface area contributed by atoms with Crippen molar-refractivity contribution in [1.82, 2.24) is 0 Å². The van der Waals surface area contributed by atoms with Crippen molar-refractivity contribution in [1.29, 1.82) is 0 Å². The second-order valence-corrected chi connectivity index (χ2v) is 2.88. The molecule has 4 heteroatoms. The minimum absolute atomic E-state index is 0.321. The van der Waals surface area contributed by atoms with Crippen LogP contribution in [0.2, 0.25) is 0 Å². The number of ether oxygens (including phenoxy) is 1. The topological polar surface area (TPSA) is 63.6 Å². The van der Waals surface area contributed by atoms with E-state index in [0.717, 1.165) is 0 Å². The molecule has 0 unspecified atom stereocenters. The fourth-order valence-corrected chi connectivity index (χ4v) is 1.33. The molecule has 1 fully saturated rings. The van der Waals surface area contributed by atoms with Crippen LogP contribution in [0.1, 0.15) is 19.8 Å². The van der Waals surface area contributed by atoms with Gasteiger partial charge in [-0.15, -0.1) is 0 Å². The Bertz CT molecular complexity index is 199. The maximum atomic E-state index is 11.1. The highest BCUT2D eigenvalue weighted by Crippen LogP contribution is 2.35. The molecule has 12 heavy (non-hydrogen) atoms. The Morgan fingerprint density at radius 3 is 2.33 bits per heavy atom. The summed E-state index contributed by atoms with van der Waals surface area (Å²) in [5, 5.41) is 8.61. The Balaban J connectivity index is 2.43. The first-order valence-electron chi connectivity index (χ1n) is 4.06. The third-order valence-electron chi connectivity index (χ3n) is 2.18. The molecule has 0 heterocycles. The number of hydrogen-bond acceptors (Lipinski definition) is 3. The van der Waals surface area contributed by atoms with E-state index in [2.05, 4.69) is 0 Å². The second-order valence-electron chi connectivity index (χ2n) is 2.88. The van der Waals surface area contributed by atoms with Crippen molar-refractivity contribution in [3.63, 3.8) is 0 Å². The quantitative estimate of drug-likeness (QED) is 0.635. The van der Waals surface area contributed by atoms with Crippen molar-refractivity contribution in [3.05, 3.63) is 0 Å². The summed E-state index contributed by atoms with van der Waals surface area (Å²) in [6.45, 7) is 2.04. The van der Waals surface area contributed by atoms with Crippen LogP contribution in [0.5, 0.6) is 0 Å². The van der Waals surface area contributed by atoms with Crippen LogP contribution < -0.4 is 0 Å². The predicted octanol–water partition coefficient (Wildman–Crippen LogP) is 0.660. The van der Waals surface area contributed by atoms with Gasteiger partial charge in [0.05, 0.1) is 18.4 Å². The van der Waals surface area contributed by atoms with Crippen LogP contribution in [0.15, 0.2) is 0 Å². The second kappa shape index (κ2) is 3.56. The molecule has 2 atom stereocenters. The smallest absolute Gasteiger partial charge is 0.309 e. The monoisotopic (exact) mass is 172 g/mol. The molecule has 0 saturated heterocycles. The summed E-state index contributed by atoms with van der Waals surface area (Å²) in [6, 6.07) is 0. The van der Waals surface area contributed by atoms with E-state index in [1.807, 2.05) is 0 Å². The molecule has 0 amide bonds. The molecule has 1 aliphatic carbocycles. The highest BCUT2D eigenvalue weighted by atomic mass is 16.5. The zero-order valence-electron chi connectivity index (χ0n) is 6.95. The summed E-state index contributed by atoms with van der Waals surface area (Å²) in [7, 11) is 0. The highest BCUT2D eigenvalue weighted by Gasteiger charge is 2.42. The molecule has 0 aromatic rings. The van der Waals surface area contributed by atoms with Crippen molar-refractivity contribution >= 4 is 11.9 Å². The number of carboxylic acid groups (broad SMARTS) is 1. The minimum atomic E-state index is -0.890. The molecule has 0 aromatic heterocycles. The minimum Gasteiger partial charge on any atom is -0.481 e. The van der Waals surface area contributed by atoms with Crippen LogP contribution in [0.3, 0.4) is 0 Å². The largest absolute Gasteiger partial charge is 0.481 e. The number of carbonyl (C=O) groups excluding carboxylic acids is 1. The van der Waals surface area contributed by atoms with Gasteiger partial charge in [0, 0.05) is 0 Å². The van der Waals surface area contributed by atoms with Crippen LogP contribution in [0.25, 0.3) is 0 Å². The van der Waals surface area contributed by atoms with Crippen LogP contribution >= 0.6 is 0 Å². The zero-order chi connectivity index (χ0) is 9.14. The van der Waals surface area contributed by atoms with Gasteiger partial charge < -0.3 is 9.84 Å². The molecule has 4 nitrogen and oxygen atoms in total. The molecule has 0 aliphatic heterocycles. The molecular weight excluding hydrogens is 160 g/mol. The maximum absolute atomic E-state index is 11.1. The fraction of sp³-hybridized carbons (Fsp3) is 0.750. The van der Waals surface area contributed by atoms with Crippen molar-refractivity contribution in [2.45, 2.75) is 19.8 Å². The molecule has 0 radical (unpaired) electrons. The Morgan fingerprint density at radius 1 is 1.42 bits per heavy atom. The van der Waals surface area contributed by atoms with Gasteiger partial charge in [0.1, 0.15) is 0 Å². The molecule has 0 spiro atoms. The molecule has 68 valence electrons. The van der Waals surface area contributed by atoms with Crippen LogP contribution in [-0.4, -0.2) is 23.7 Å². The molecule has 0 bridgehead atoms. The van der Waals surface area contributed by atoms with Crippen LogP contribution in [-0.2, 0) is 14.3 Å². The van der Waals surface area contributed by atoms with Gasteiger partial charge in [0.25, 0.3) is 0 Å². The molecule has 1 rings (SSSR count). The van der Waals surface area contributed by atoms with Gasteiger partial charge in [0.2, 0.25) is 0 Å². The van der Waals surface area contributed by atoms with E-state index in [-0.39, 0.29) is 5.97 Å². The van der Waals surface area contributed by atoms with Gasteiger partial charge in [-0.1, -0.05) is 0 Å². The van der Waals surface area contributed by atoms with Gasteiger partial charge in [0.15, 0.2) is 0 Å². The zero-order valence-corrected chi connectivity index (χ0v) is 6.95. The number of hydrogen-bond donors (Lipinski definition) is 1. The van der Waals surface area contributed by atoms with E-state index in [9.17, 15) is 9.59 Å². The van der Waals surface area contributed by atoms with Gasteiger partial charge in [-0.05, 0) is 19.8 Å². The lowest BCUT2D eigenvalue weighted by Gasteiger charge is -2.30. The van der Waals surface area contributed by atoms with E-state index >= 15 is 0 Å². The van der Waals surface area contributed by atoms with E-state index in [4.69, 9.17) is 9.84 Å². The molecular formula is C8H12O4. The average Bonchev–Trinajstić information content (AvgIpc) is 1.82. The average molecular weight is 172 g/mol. The SMILES string of the molecule is CCOC(=O)[C@H]1CC[C@H]1C(=O)O. The van der Waals surface area contributed by atoms with Crippen LogP contribution in [0.4, 0.5) is 0 Å². The summed E-state index contributed by atoms with van der Waals surface area (Å²) < 4.78 is 4.72. The Morgan fingerprint density at radius 2 is 2.00 bits per heavy atom. The summed E-state index contributed by atoms with van der Waals surface area (Å²) in [4.78, 5) is 21.5. The number of rotatable bonds is 3. The lowest BCUT2D eigenvalue weighted by Crippen LogP contribution is -2.39. The molecule has 1 aliphatic rings. The van der Waals surface area contributed by atoms with Crippen LogP contribution in [0, 0.1) is 11.8 Å². The summed E-state index contributed by atoms with van der Waals surface area (Å²) >= 11 is 0. The highest BCUT2D eigenvalue weighted by molar-refractivity contribution is 5.82. The third-order valence-corrected chi connectivity index (χ3v) is 2.18. The summed E-state index contributed by atoms with van der Waals surface area (Å²) in [5.41, 5.74) is 0. The standard InChI is InChI=1S/C8H12O4/c1-2-12-8(11)6-4-3-5(6)7(9)10/h5-6H,2-4H2,1H3,(H,9,10)/t5-,6+/m1/s1. The normalized spacial score (nSPS) is 27.4. The first-order chi connectivity index (χ1) is 5.66. The number of esters is 1. The number of carbonyl (C=O) groups is 2. The molecule has 0 aromatic carbocycles. The van der Waals surface area contributed by atoms with Crippen molar-refractivity contribution in [2.75, 3.05) is 6.61 Å². The Kier molecular flexibility index (Phi) is 2.68. The first-order valence-corrected chi connectivity index (χ1v) is 4.06. The van der Waals surface area contributed by atoms with Crippen molar-refractivity contribution < 1.29 is 19.4 Å². The molecule has 1 N–H and O–H groups in total. The summed E-state index contributed by atoms with van der Waals surface area (Å²) in [6.07, 6.45) is 1.24. The van der Waals surface area contributed by atoms with Gasteiger partial charge in [-0.25, -0.2) is 0 Å². The van der Waals surface area contributed by atoms with Gasteiger partial charge in [-0.2, -0.15) is 0 Å². The predicted molar refractivity (Wildman–Crippen MR) is 40.5 cm³/mol. The first kappa shape index (κ1) is 9.03. The van der Waals surface area contributed by atoms with E-state index in [0.29, 0.717) is 19.4 Å². The number of carboxylic acids is 1.